The molecule has 1 aliphatic heterocycles. The number of halogens is 1. The van der Waals surface area contributed by atoms with Crippen LogP contribution in [0.4, 0.5) is 10.1 Å². The van der Waals surface area contributed by atoms with E-state index in [0.29, 0.717) is 47.7 Å². The van der Waals surface area contributed by atoms with Crippen molar-refractivity contribution in [3.05, 3.63) is 87.2 Å². The Kier molecular flexibility index (Phi) is 7.53. The molecule has 39 heavy (non-hydrogen) atoms. The fourth-order valence-corrected chi connectivity index (χ4v) is 4.80. The summed E-state index contributed by atoms with van der Waals surface area (Å²) >= 11 is 0. The summed E-state index contributed by atoms with van der Waals surface area (Å²) in [6.45, 7) is 5.48. The van der Waals surface area contributed by atoms with Crippen LogP contribution in [0.3, 0.4) is 0 Å². The highest BCUT2D eigenvalue weighted by molar-refractivity contribution is 5.82. The molecule has 0 radical (unpaired) electrons. The molecule has 0 aliphatic carbocycles. The molecule has 0 spiro atoms. The lowest BCUT2D eigenvalue weighted by molar-refractivity contribution is -0.385. The van der Waals surface area contributed by atoms with Gasteiger partial charge in [0.1, 0.15) is 23.0 Å². The van der Waals surface area contributed by atoms with Gasteiger partial charge in [0.05, 0.1) is 35.9 Å². The lowest BCUT2D eigenvalue weighted by Gasteiger charge is -2.26. The molecule has 0 amide bonds. The number of hydrogen-bond donors (Lipinski definition) is 2. The zero-order valence-electron chi connectivity index (χ0n) is 21.4. The smallest absolute Gasteiger partial charge is 0.277 e. The molecule has 10 nitrogen and oxygen atoms in total. The van der Waals surface area contributed by atoms with Crippen molar-refractivity contribution in [1.29, 1.82) is 0 Å². The van der Waals surface area contributed by atoms with Gasteiger partial charge in [0.2, 0.25) is 0 Å². The van der Waals surface area contributed by atoms with Gasteiger partial charge in [-0.25, -0.2) is 9.07 Å². The molecule has 3 aromatic carbocycles. The predicted molar refractivity (Wildman–Crippen MR) is 142 cm³/mol. The maximum Gasteiger partial charge on any atom is 0.277 e. The topological polar surface area (TPSA) is 127 Å². The molecule has 1 saturated heterocycles. The average molecular weight is 534 g/mol. The van der Waals surface area contributed by atoms with Gasteiger partial charge >= 0.3 is 0 Å². The number of morpholine rings is 1. The lowest BCUT2D eigenvalue weighted by atomic mass is 9.99. The Hall–Kier alpha value is -4.35. The number of benzene rings is 3. The van der Waals surface area contributed by atoms with E-state index in [-0.39, 0.29) is 29.3 Å². The van der Waals surface area contributed by atoms with Crippen LogP contribution < -0.4 is 0 Å². The molecule has 1 aliphatic rings. The van der Waals surface area contributed by atoms with Crippen LogP contribution >= 0.6 is 0 Å². The van der Waals surface area contributed by atoms with Crippen molar-refractivity contribution in [3.63, 3.8) is 0 Å². The van der Waals surface area contributed by atoms with Crippen molar-refractivity contribution in [2.45, 2.75) is 26.4 Å². The van der Waals surface area contributed by atoms with Crippen LogP contribution in [-0.4, -0.2) is 61.3 Å². The minimum Gasteiger partial charge on any atom is -0.508 e. The minimum absolute atomic E-state index is 0.0397. The molecule has 4 aromatic rings. The number of phenols is 2. The first-order valence-corrected chi connectivity index (χ1v) is 12.7. The predicted octanol–water partition coefficient (Wildman–Crippen LogP) is 4.51. The first-order valence-electron chi connectivity index (χ1n) is 12.7. The van der Waals surface area contributed by atoms with E-state index in [1.54, 1.807) is 6.07 Å². The number of nitro benzene ring substituents is 1. The summed E-state index contributed by atoms with van der Waals surface area (Å²) in [4.78, 5) is 13.3. The third-order valence-corrected chi connectivity index (χ3v) is 6.90. The Balaban J connectivity index is 1.60. The Bertz CT molecular complexity index is 1500. The highest BCUT2D eigenvalue weighted by Crippen LogP contribution is 2.39. The zero-order valence-corrected chi connectivity index (χ0v) is 21.4. The number of nitrogens with zero attached hydrogens (tertiary/aromatic N) is 5. The number of aromatic nitrogens is 3. The monoisotopic (exact) mass is 533 g/mol. The van der Waals surface area contributed by atoms with E-state index in [0.717, 1.165) is 25.2 Å². The first-order chi connectivity index (χ1) is 18.9. The molecule has 1 fully saturated rings. The molecule has 0 unspecified atom stereocenters. The first kappa shape index (κ1) is 26.3. The molecule has 2 N–H and O–H groups in total. The van der Waals surface area contributed by atoms with Crippen LogP contribution in [0, 0.1) is 15.9 Å². The summed E-state index contributed by atoms with van der Waals surface area (Å²) < 4.78 is 21.6. The number of hydrogen-bond acceptors (Lipinski definition) is 8. The van der Waals surface area contributed by atoms with E-state index in [1.165, 1.54) is 28.9 Å². The zero-order chi connectivity index (χ0) is 27.5. The van der Waals surface area contributed by atoms with Gasteiger partial charge in [0.25, 0.3) is 5.69 Å². The van der Waals surface area contributed by atoms with Gasteiger partial charge in [-0.3, -0.25) is 15.0 Å². The van der Waals surface area contributed by atoms with Gasteiger partial charge in [0, 0.05) is 42.9 Å². The number of rotatable bonds is 8. The molecule has 0 atom stereocenters. The van der Waals surface area contributed by atoms with Crippen LogP contribution in [0.25, 0.3) is 22.5 Å². The van der Waals surface area contributed by atoms with Gasteiger partial charge in [-0.1, -0.05) is 42.5 Å². The number of nitro groups is 1. The van der Waals surface area contributed by atoms with E-state index in [4.69, 9.17) is 4.74 Å². The summed E-state index contributed by atoms with van der Waals surface area (Å²) in [5.74, 6) is -0.963. The second-order valence-electron chi connectivity index (χ2n) is 9.38. The van der Waals surface area contributed by atoms with Crippen LogP contribution in [0.2, 0.25) is 0 Å². The summed E-state index contributed by atoms with van der Waals surface area (Å²) in [5.41, 5.74) is 2.99. The van der Waals surface area contributed by atoms with Crippen LogP contribution in [0.15, 0.2) is 54.6 Å². The van der Waals surface area contributed by atoms with Crippen molar-refractivity contribution < 1.29 is 24.3 Å². The normalized spacial score (nSPS) is 14.0. The highest BCUT2D eigenvalue weighted by atomic mass is 19.1. The molecule has 11 heteroatoms. The largest absolute Gasteiger partial charge is 0.508 e. The van der Waals surface area contributed by atoms with E-state index in [9.17, 15) is 24.7 Å². The number of phenolic OH excluding ortho intramolecular Hbond substituents is 2. The molecular formula is C28H28FN5O5. The summed E-state index contributed by atoms with van der Waals surface area (Å²) in [6, 6.07) is 14.3. The number of aromatic hydroxyl groups is 2. The molecule has 202 valence electrons. The van der Waals surface area contributed by atoms with Gasteiger partial charge in [-0.15, -0.1) is 5.10 Å². The third-order valence-electron chi connectivity index (χ3n) is 6.90. The molecule has 0 saturated carbocycles. The average Bonchev–Trinajstić information content (AvgIpc) is 3.34. The van der Waals surface area contributed by atoms with E-state index >= 15 is 0 Å². The summed E-state index contributed by atoms with van der Waals surface area (Å²) in [6.07, 6.45) is 0.514. The second-order valence-corrected chi connectivity index (χ2v) is 9.38. The standard InChI is InChI=1S/C28H28FN5O5/c1-2-19-14-21(26(36)15-25(19)35)27-28(20-8-6-18(7-9-20)16-32-10-12-39-13-11-32)33(31-30-27)17-22-23(29)4-3-5-24(22)34(37)38/h3-9,14-15,35-36H,2,10-13,16-17H2,1H3. The fraction of sp³-hybridized carbons (Fsp3) is 0.286. The van der Waals surface area contributed by atoms with E-state index in [2.05, 4.69) is 15.2 Å². The van der Waals surface area contributed by atoms with Gasteiger partial charge in [0.15, 0.2) is 0 Å². The maximum absolute atomic E-state index is 14.8. The molecule has 2 heterocycles. The molecular weight excluding hydrogens is 505 g/mol. The Labute approximate surface area is 224 Å². The Morgan fingerprint density at radius 2 is 1.79 bits per heavy atom. The van der Waals surface area contributed by atoms with Gasteiger partial charge < -0.3 is 14.9 Å². The van der Waals surface area contributed by atoms with Crippen molar-refractivity contribution in [3.8, 4) is 34.0 Å². The van der Waals surface area contributed by atoms with Gasteiger partial charge in [-0.2, -0.15) is 0 Å². The number of ether oxygens (including phenoxy) is 1. The summed E-state index contributed by atoms with van der Waals surface area (Å²) in [5, 5.41) is 41.1. The van der Waals surface area contributed by atoms with E-state index in [1.807, 2.05) is 31.2 Å². The van der Waals surface area contributed by atoms with Crippen LogP contribution in [0.1, 0.15) is 23.6 Å². The van der Waals surface area contributed by atoms with Crippen molar-refractivity contribution in [1.82, 2.24) is 19.9 Å². The van der Waals surface area contributed by atoms with Crippen LogP contribution in [0.5, 0.6) is 11.5 Å². The quantitative estimate of drug-likeness (QED) is 0.250. The maximum atomic E-state index is 14.8. The molecule has 1 aromatic heterocycles. The van der Waals surface area contributed by atoms with Crippen molar-refractivity contribution >= 4 is 5.69 Å². The SMILES string of the molecule is CCc1cc(-c2nnn(Cc3c(F)cccc3[N+](=O)[O-])c2-c2ccc(CN3CCOCC3)cc2)c(O)cc1O. The molecule has 0 bridgehead atoms. The lowest BCUT2D eigenvalue weighted by Crippen LogP contribution is -2.35. The minimum atomic E-state index is -0.728. The van der Waals surface area contributed by atoms with E-state index < -0.39 is 10.7 Å². The van der Waals surface area contributed by atoms with Gasteiger partial charge in [-0.05, 0) is 29.7 Å². The van der Waals surface area contributed by atoms with Crippen molar-refractivity contribution in [2.75, 3.05) is 26.3 Å². The van der Waals surface area contributed by atoms with Crippen molar-refractivity contribution in [2.24, 2.45) is 0 Å². The fourth-order valence-electron chi connectivity index (χ4n) is 4.80. The third kappa shape index (κ3) is 5.45. The summed E-state index contributed by atoms with van der Waals surface area (Å²) in [7, 11) is 0. The number of aryl methyl sites for hydroxylation is 1. The highest BCUT2D eigenvalue weighted by Gasteiger charge is 2.25. The molecule has 5 rings (SSSR count). The van der Waals surface area contributed by atoms with Crippen LogP contribution in [-0.2, 0) is 24.2 Å². The Morgan fingerprint density at radius 1 is 1.05 bits per heavy atom. The second kappa shape index (κ2) is 11.2. The Morgan fingerprint density at radius 3 is 2.49 bits per heavy atom.